The smallest absolute Gasteiger partial charge is 0.148 e. The number of aromatic nitrogens is 4. The third-order valence-corrected chi connectivity index (χ3v) is 5.34. The molecule has 0 amide bonds. The predicted molar refractivity (Wildman–Crippen MR) is 122 cm³/mol. The Hall–Kier alpha value is -3.84. The van der Waals surface area contributed by atoms with Crippen LogP contribution in [0, 0.1) is 0 Å². The average molecular weight is 432 g/mol. The van der Waals surface area contributed by atoms with E-state index in [1.165, 1.54) is 6.33 Å². The van der Waals surface area contributed by atoms with E-state index in [-0.39, 0.29) is 0 Å². The van der Waals surface area contributed by atoms with Gasteiger partial charge >= 0.3 is 0 Å². The monoisotopic (exact) mass is 431 g/mol. The number of nitrogens with one attached hydrogen (secondary N) is 2. The molecule has 0 unspecified atom stereocenters. The Kier molecular flexibility index (Phi) is 4.80. The summed E-state index contributed by atoms with van der Waals surface area (Å²) >= 11 is 6.49. The lowest BCUT2D eigenvalue weighted by Gasteiger charge is -2.13. The summed E-state index contributed by atoms with van der Waals surface area (Å²) in [5.41, 5.74) is 4.12. The molecular weight excluding hydrogens is 414 g/mol. The summed E-state index contributed by atoms with van der Waals surface area (Å²) in [7, 11) is 3.21. The van der Waals surface area contributed by atoms with Crippen molar-refractivity contribution in [3.05, 3.63) is 65.9 Å². The number of ether oxygens (including phenoxy) is 2. The minimum Gasteiger partial charge on any atom is -0.497 e. The number of benzene rings is 3. The first-order valence-electron chi connectivity index (χ1n) is 9.54. The number of rotatable bonds is 5. The zero-order valence-electron chi connectivity index (χ0n) is 16.8. The van der Waals surface area contributed by atoms with Gasteiger partial charge in [-0.25, -0.2) is 15.0 Å². The summed E-state index contributed by atoms with van der Waals surface area (Å²) in [6.45, 7) is 0. The van der Waals surface area contributed by atoms with Crippen LogP contribution in [-0.4, -0.2) is 34.2 Å². The normalized spacial score (nSPS) is 11.1. The van der Waals surface area contributed by atoms with Crippen LogP contribution >= 0.6 is 11.6 Å². The molecule has 3 aromatic carbocycles. The third-order valence-electron chi connectivity index (χ3n) is 5.01. The standard InChI is InChI=1S/C23H18ClN5O2/c1-30-14-10-16-21(20(11-14)31-2)25-12-26-22(16)27-13-7-8-17(24)15(9-13)23-28-18-5-3-4-6-19(18)29-23/h3-12H,1-2H3,(H,28,29)(H,25,26,27). The molecule has 0 saturated heterocycles. The van der Waals surface area contributed by atoms with Gasteiger partial charge in [-0.2, -0.15) is 0 Å². The largest absolute Gasteiger partial charge is 0.497 e. The van der Waals surface area contributed by atoms with Crippen molar-refractivity contribution < 1.29 is 9.47 Å². The van der Waals surface area contributed by atoms with Crippen LogP contribution in [0.25, 0.3) is 33.3 Å². The number of imidazole rings is 1. The molecule has 5 rings (SSSR count). The molecule has 31 heavy (non-hydrogen) atoms. The van der Waals surface area contributed by atoms with Gasteiger partial charge in [0.25, 0.3) is 0 Å². The van der Waals surface area contributed by atoms with Gasteiger partial charge in [0.1, 0.15) is 35.0 Å². The molecule has 8 heteroatoms. The van der Waals surface area contributed by atoms with Crippen LogP contribution in [0.3, 0.4) is 0 Å². The molecule has 0 aliphatic heterocycles. The highest BCUT2D eigenvalue weighted by Gasteiger charge is 2.14. The quantitative estimate of drug-likeness (QED) is 0.377. The number of hydrogen-bond donors (Lipinski definition) is 2. The molecule has 2 heterocycles. The topological polar surface area (TPSA) is 84.9 Å². The number of hydrogen-bond acceptors (Lipinski definition) is 6. The van der Waals surface area contributed by atoms with Gasteiger partial charge < -0.3 is 19.8 Å². The number of halogens is 1. The fourth-order valence-corrected chi connectivity index (χ4v) is 3.69. The summed E-state index contributed by atoms with van der Waals surface area (Å²) in [5.74, 6) is 2.59. The zero-order chi connectivity index (χ0) is 21.4. The van der Waals surface area contributed by atoms with Crippen molar-refractivity contribution in [2.24, 2.45) is 0 Å². The number of H-pyrrole nitrogens is 1. The zero-order valence-corrected chi connectivity index (χ0v) is 17.6. The summed E-state index contributed by atoms with van der Waals surface area (Å²) in [6, 6.07) is 17.2. The molecule has 2 N–H and O–H groups in total. The van der Waals surface area contributed by atoms with Crippen LogP contribution in [0.4, 0.5) is 11.5 Å². The Morgan fingerprint density at radius 2 is 1.84 bits per heavy atom. The Morgan fingerprint density at radius 3 is 2.65 bits per heavy atom. The van der Waals surface area contributed by atoms with Crippen LogP contribution in [0.2, 0.25) is 5.02 Å². The predicted octanol–water partition coefficient (Wildman–Crippen LogP) is 5.59. The number of fused-ring (bicyclic) bond motifs is 2. The first kappa shape index (κ1) is 19.1. The molecule has 154 valence electrons. The van der Waals surface area contributed by atoms with Gasteiger partial charge in [0.05, 0.1) is 35.7 Å². The van der Waals surface area contributed by atoms with Crippen molar-refractivity contribution >= 4 is 45.0 Å². The minimum absolute atomic E-state index is 0.598. The number of nitrogens with zero attached hydrogens (tertiary/aromatic N) is 3. The number of para-hydroxylation sites is 2. The summed E-state index contributed by atoms with van der Waals surface area (Å²) in [6.07, 6.45) is 1.50. The van der Waals surface area contributed by atoms with Gasteiger partial charge in [0, 0.05) is 17.3 Å². The Bertz CT molecular complexity index is 1380. The van der Waals surface area contributed by atoms with Crippen molar-refractivity contribution in [1.29, 1.82) is 0 Å². The number of methoxy groups -OCH3 is 2. The van der Waals surface area contributed by atoms with Crippen molar-refractivity contribution in [1.82, 2.24) is 19.9 Å². The number of aromatic amines is 1. The first-order valence-corrected chi connectivity index (χ1v) is 9.92. The van der Waals surface area contributed by atoms with Crippen molar-refractivity contribution in [2.75, 3.05) is 19.5 Å². The Labute approximate surface area is 183 Å². The van der Waals surface area contributed by atoms with E-state index in [4.69, 9.17) is 21.1 Å². The Morgan fingerprint density at radius 1 is 0.968 bits per heavy atom. The molecule has 0 aliphatic rings. The third kappa shape index (κ3) is 3.49. The van der Waals surface area contributed by atoms with E-state index < -0.39 is 0 Å². The lowest BCUT2D eigenvalue weighted by atomic mass is 10.1. The molecule has 0 saturated carbocycles. The van der Waals surface area contributed by atoms with Crippen LogP contribution in [0.1, 0.15) is 0 Å². The lowest BCUT2D eigenvalue weighted by Crippen LogP contribution is -1.99. The van der Waals surface area contributed by atoms with Crippen LogP contribution < -0.4 is 14.8 Å². The van der Waals surface area contributed by atoms with Gasteiger partial charge in [-0.1, -0.05) is 23.7 Å². The molecule has 7 nitrogen and oxygen atoms in total. The maximum absolute atomic E-state index is 6.49. The van der Waals surface area contributed by atoms with Crippen molar-refractivity contribution in [3.8, 4) is 22.9 Å². The van der Waals surface area contributed by atoms with Gasteiger partial charge in [0.15, 0.2) is 0 Å². The molecule has 0 fully saturated rings. The molecule has 0 radical (unpaired) electrons. The maximum Gasteiger partial charge on any atom is 0.148 e. The fraction of sp³-hybridized carbons (Fsp3) is 0.0870. The molecule has 0 spiro atoms. The summed E-state index contributed by atoms with van der Waals surface area (Å²) < 4.78 is 10.9. The lowest BCUT2D eigenvalue weighted by molar-refractivity contribution is 0.397. The van der Waals surface area contributed by atoms with E-state index in [0.29, 0.717) is 33.7 Å². The van der Waals surface area contributed by atoms with Gasteiger partial charge in [0.2, 0.25) is 0 Å². The SMILES string of the molecule is COc1cc(OC)c2ncnc(Nc3ccc(Cl)c(-c4nc5ccccc5[nH]4)c3)c2c1. The highest BCUT2D eigenvalue weighted by molar-refractivity contribution is 6.33. The summed E-state index contributed by atoms with van der Waals surface area (Å²) in [5, 5.41) is 4.73. The van der Waals surface area contributed by atoms with Crippen molar-refractivity contribution in [3.63, 3.8) is 0 Å². The van der Waals surface area contributed by atoms with E-state index in [9.17, 15) is 0 Å². The number of anilines is 2. The van der Waals surface area contributed by atoms with E-state index >= 15 is 0 Å². The molecular formula is C23H18ClN5O2. The molecule has 0 bridgehead atoms. The van der Waals surface area contributed by atoms with Crippen LogP contribution in [-0.2, 0) is 0 Å². The second-order valence-corrected chi connectivity index (χ2v) is 7.28. The summed E-state index contributed by atoms with van der Waals surface area (Å²) in [4.78, 5) is 16.8. The van der Waals surface area contributed by atoms with Crippen molar-refractivity contribution in [2.45, 2.75) is 0 Å². The highest BCUT2D eigenvalue weighted by atomic mass is 35.5. The molecule has 0 atom stereocenters. The molecule has 5 aromatic rings. The van der Waals surface area contributed by atoms with Crippen LogP contribution in [0.5, 0.6) is 11.5 Å². The van der Waals surface area contributed by atoms with Gasteiger partial charge in [-0.3, -0.25) is 0 Å². The van der Waals surface area contributed by atoms with E-state index in [0.717, 1.165) is 27.7 Å². The van der Waals surface area contributed by atoms with Crippen LogP contribution in [0.15, 0.2) is 60.9 Å². The first-order chi connectivity index (χ1) is 15.2. The minimum atomic E-state index is 0.598. The highest BCUT2D eigenvalue weighted by Crippen LogP contribution is 2.35. The molecule has 0 aliphatic carbocycles. The van der Waals surface area contributed by atoms with E-state index in [2.05, 4.69) is 25.3 Å². The fourth-order valence-electron chi connectivity index (χ4n) is 3.48. The second kappa shape index (κ2) is 7.77. The van der Waals surface area contributed by atoms with Gasteiger partial charge in [-0.05, 0) is 36.4 Å². The maximum atomic E-state index is 6.49. The van der Waals surface area contributed by atoms with Gasteiger partial charge in [-0.15, -0.1) is 0 Å². The second-order valence-electron chi connectivity index (χ2n) is 6.87. The van der Waals surface area contributed by atoms with E-state index in [1.54, 1.807) is 20.3 Å². The Balaban J connectivity index is 1.58. The molecule has 2 aromatic heterocycles. The average Bonchev–Trinajstić information content (AvgIpc) is 3.24. The van der Waals surface area contributed by atoms with E-state index in [1.807, 2.05) is 48.5 Å².